The van der Waals surface area contributed by atoms with Crippen molar-refractivity contribution in [3.63, 3.8) is 0 Å². The summed E-state index contributed by atoms with van der Waals surface area (Å²) in [6, 6.07) is 8.25. The lowest BCUT2D eigenvalue weighted by Crippen LogP contribution is -2.43. The molecule has 1 rings (SSSR count). The lowest BCUT2D eigenvalue weighted by atomic mass is 10.1. The van der Waals surface area contributed by atoms with Gasteiger partial charge in [0.2, 0.25) is 5.91 Å². The number of aryl methyl sites for hydroxylation is 1. The van der Waals surface area contributed by atoms with Crippen LogP contribution in [0.2, 0.25) is 0 Å². The van der Waals surface area contributed by atoms with Gasteiger partial charge in [-0.05, 0) is 25.8 Å². The molecule has 0 atom stereocenters. The lowest BCUT2D eigenvalue weighted by molar-refractivity contribution is -0.127. The molecule has 0 heterocycles. The summed E-state index contributed by atoms with van der Waals surface area (Å²) in [4.78, 5) is 17.9. The molecule has 1 amide bonds. The minimum atomic E-state index is 0.00868. The number of benzene rings is 1. The van der Waals surface area contributed by atoms with Gasteiger partial charge in [-0.15, -0.1) is 0 Å². The van der Waals surface area contributed by atoms with Gasteiger partial charge in [-0.1, -0.05) is 29.8 Å². The number of ether oxygens (including phenoxy) is 1. The van der Waals surface area contributed by atoms with Gasteiger partial charge in [0.1, 0.15) is 0 Å². The average Bonchev–Trinajstić information content (AvgIpc) is 2.56. The van der Waals surface area contributed by atoms with Crippen LogP contribution in [0.5, 0.6) is 0 Å². The number of aliphatic imine (C=N–C) groups is 1. The number of hydrogen-bond acceptors (Lipinski definition) is 3. The standard InChI is InChI=1S/C18H30N4O2/c1-5-24-11-7-10-19-18(21-14-17(23)22(3)4)20-13-16-9-6-8-15(2)12-16/h6,8-9,12H,5,7,10-11,13-14H2,1-4H3,(H2,19,20,21). The first-order valence-electron chi connectivity index (χ1n) is 8.38. The van der Waals surface area contributed by atoms with Gasteiger partial charge in [0, 0.05) is 33.9 Å². The highest BCUT2D eigenvalue weighted by molar-refractivity contribution is 5.86. The first-order chi connectivity index (χ1) is 11.5. The van der Waals surface area contributed by atoms with Gasteiger partial charge in [0.05, 0.1) is 13.1 Å². The zero-order valence-electron chi connectivity index (χ0n) is 15.3. The Balaban J connectivity index is 2.57. The van der Waals surface area contributed by atoms with Crippen LogP contribution in [0.25, 0.3) is 0 Å². The molecule has 0 bridgehead atoms. The van der Waals surface area contributed by atoms with E-state index < -0.39 is 0 Å². The minimum Gasteiger partial charge on any atom is -0.382 e. The second kappa shape index (κ2) is 11.5. The molecule has 0 aliphatic carbocycles. The van der Waals surface area contributed by atoms with E-state index in [1.807, 2.05) is 19.1 Å². The third kappa shape index (κ3) is 8.53. The molecule has 24 heavy (non-hydrogen) atoms. The number of amides is 1. The van der Waals surface area contributed by atoms with Gasteiger partial charge >= 0.3 is 0 Å². The zero-order valence-corrected chi connectivity index (χ0v) is 15.3. The fourth-order valence-corrected chi connectivity index (χ4v) is 2.00. The second-order valence-corrected chi connectivity index (χ2v) is 5.77. The highest BCUT2D eigenvalue weighted by Crippen LogP contribution is 2.04. The predicted molar refractivity (Wildman–Crippen MR) is 98.1 cm³/mol. The Bertz CT molecular complexity index is 530. The van der Waals surface area contributed by atoms with Crippen LogP contribution in [-0.4, -0.2) is 57.2 Å². The summed E-state index contributed by atoms with van der Waals surface area (Å²) in [7, 11) is 3.48. The summed E-state index contributed by atoms with van der Waals surface area (Å²) in [6.07, 6.45) is 0.889. The van der Waals surface area contributed by atoms with E-state index in [1.165, 1.54) is 5.56 Å². The number of nitrogens with zero attached hydrogens (tertiary/aromatic N) is 2. The predicted octanol–water partition coefficient (Wildman–Crippen LogP) is 1.55. The normalized spacial score (nSPS) is 11.2. The Morgan fingerprint density at radius 2 is 2.08 bits per heavy atom. The lowest BCUT2D eigenvalue weighted by Gasteiger charge is -2.15. The van der Waals surface area contributed by atoms with Crippen LogP contribution in [-0.2, 0) is 16.1 Å². The quantitative estimate of drug-likeness (QED) is 0.408. The van der Waals surface area contributed by atoms with E-state index in [9.17, 15) is 4.79 Å². The van der Waals surface area contributed by atoms with Crippen molar-refractivity contribution in [3.05, 3.63) is 35.4 Å². The summed E-state index contributed by atoms with van der Waals surface area (Å²) < 4.78 is 5.33. The smallest absolute Gasteiger partial charge is 0.241 e. The van der Waals surface area contributed by atoms with E-state index in [1.54, 1.807) is 19.0 Å². The molecule has 0 fully saturated rings. The number of carbonyl (C=O) groups excluding carboxylic acids is 1. The van der Waals surface area contributed by atoms with Gasteiger partial charge in [0.25, 0.3) is 0 Å². The Morgan fingerprint density at radius 1 is 1.29 bits per heavy atom. The van der Waals surface area contributed by atoms with Gasteiger partial charge < -0.3 is 20.3 Å². The Hall–Kier alpha value is -2.08. The van der Waals surface area contributed by atoms with Crippen molar-refractivity contribution in [1.29, 1.82) is 0 Å². The molecule has 6 heteroatoms. The molecule has 0 saturated carbocycles. The van der Waals surface area contributed by atoms with E-state index >= 15 is 0 Å². The van der Waals surface area contributed by atoms with Crippen LogP contribution in [0.1, 0.15) is 24.5 Å². The Morgan fingerprint density at radius 3 is 2.75 bits per heavy atom. The molecule has 2 N–H and O–H groups in total. The maximum absolute atomic E-state index is 11.7. The van der Waals surface area contributed by atoms with Crippen LogP contribution >= 0.6 is 0 Å². The molecule has 134 valence electrons. The van der Waals surface area contributed by atoms with Crippen LogP contribution in [0.15, 0.2) is 29.3 Å². The molecule has 6 nitrogen and oxygen atoms in total. The van der Waals surface area contributed by atoms with E-state index in [-0.39, 0.29) is 12.5 Å². The number of guanidine groups is 1. The van der Waals surface area contributed by atoms with Crippen LogP contribution in [0.4, 0.5) is 0 Å². The molecule has 0 aliphatic rings. The van der Waals surface area contributed by atoms with E-state index in [4.69, 9.17) is 4.74 Å². The molecule has 0 aromatic heterocycles. The topological polar surface area (TPSA) is 66.0 Å². The van der Waals surface area contributed by atoms with E-state index in [0.29, 0.717) is 19.1 Å². The first kappa shape index (κ1) is 20.0. The summed E-state index contributed by atoms with van der Waals surface area (Å²) in [5, 5.41) is 6.33. The van der Waals surface area contributed by atoms with Crippen LogP contribution in [0.3, 0.4) is 0 Å². The highest BCUT2D eigenvalue weighted by atomic mass is 16.5. The number of rotatable bonds is 9. The Kier molecular flexibility index (Phi) is 9.53. The molecule has 0 unspecified atom stereocenters. The molecule has 0 spiro atoms. The van der Waals surface area contributed by atoms with Crippen molar-refractivity contribution in [2.24, 2.45) is 4.99 Å². The number of hydrogen-bond donors (Lipinski definition) is 2. The van der Waals surface area contributed by atoms with E-state index in [2.05, 4.69) is 34.7 Å². The molecule has 0 radical (unpaired) electrons. The summed E-state index contributed by atoms with van der Waals surface area (Å²) in [5.41, 5.74) is 2.36. The third-order valence-electron chi connectivity index (χ3n) is 3.37. The van der Waals surface area contributed by atoms with Crippen molar-refractivity contribution >= 4 is 11.9 Å². The van der Waals surface area contributed by atoms with Crippen molar-refractivity contribution in [2.45, 2.75) is 26.8 Å². The number of nitrogens with one attached hydrogen (secondary N) is 2. The SMILES string of the molecule is CCOCCCNC(=NCc1cccc(C)c1)NCC(=O)N(C)C. The molecule has 1 aromatic carbocycles. The Labute approximate surface area is 145 Å². The van der Waals surface area contributed by atoms with Crippen LogP contribution < -0.4 is 10.6 Å². The third-order valence-corrected chi connectivity index (χ3v) is 3.37. The largest absolute Gasteiger partial charge is 0.382 e. The molecule has 0 aliphatic heterocycles. The zero-order chi connectivity index (χ0) is 17.8. The maximum atomic E-state index is 11.7. The minimum absolute atomic E-state index is 0.00868. The van der Waals surface area contributed by atoms with Gasteiger partial charge in [-0.25, -0.2) is 4.99 Å². The summed E-state index contributed by atoms with van der Waals surface area (Å²) in [5.74, 6) is 0.651. The van der Waals surface area contributed by atoms with E-state index in [0.717, 1.165) is 25.1 Å². The molecule has 0 saturated heterocycles. The molecular formula is C18H30N4O2. The van der Waals surface area contributed by atoms with Crippen molar-refractivity contribution in [2.75, 3.05) is 40.4 Å². The average molecular weight is 334 g/mol. The molecular weight excluding hydrogens is 304 g/mol. The fourth-order valence-electron chi connectivity index (χ4n) is 2.00. The van der Waals surface area contributed by atoms with Gasteiger partial charge in [-0.3, -0.25) is 4.79 Å². The summed E-state index contributed by atoms with van der Waals surface area (Å²) >= 11 is 0. The summed E-state index contributed by atoms with van der Waals surface area (Å²) in [6.45, 7) is 7.02. The molecule has 1 aromatic rings. The van der Waals surface area contributed by atoms with Gasteiger partial charge in [-0.2, -0.15) is 0 Å². The first-order valence-corrected chi connectivity index (χ1v) is 8.38. The maximum Gasteiger partial charge on any atom is 0.241 e. The number of likely N-dealkylation sites (N-methyl/N-ethyl adjacent to an activating group) is 1. The fraction of sp³-hybridized carbons (Fsp3) is 0.556. The number of carbonyl (C=O) groups is 1. The second-order valence-electron chi connectivity index (χ2n) is 5.77. The van der Waals surface area contributed by atoms with Gasteiger partial charge in [0.15, 0.2) is 5.96 Å². The monoisotopic (exact) mass is 334 g/mol. The highest BCUT2D eigenvalue weighted by Gasteiger charge is 2.05. The van der Waals surface area contributed by atoms with Crippen molar-refractivity contribution in [3.8, 4) is 0 Å². The van der Waals surface area contributed by atoms with Crippen LogP contribution in [0, 0.1) is 6.92 Å². The van der Waals surface area contributed by atoms with Crippen molar-refractivity contribution in [1.82, 2.24) is 15.5 Å². The van der Waals surface area contributed by atoms with Crippen molar-refractivity contribution < 1.29 is 9.53 Å².